The minimum absolute atomic E-state index is 0.442. The van der Waals surface area contributed by atoms with Gasteiger partial charge in [-0.3, -0.25) is 4.90 Å². The molecule has 0 aromatic rings. The van der Waals surface area contributed by atoms with E-state index in [4.69, 9.17) is 4.74 Å². The van der Waals surface area contributed by atoms with Crippen LogP contribution in [-0.2, 0) is 4.74 Å². The number of hydrogen-bond donors (Lipinski definition) is 1. The first kappa shape index (κ1) is 16.9. The average Bonchev–Trinajstić information content (AvgIpc) is 2.34. The molecule has 2 unspecified atom stereocenters. The molecule has 1 rings (SSSR count). The van der Waals surface area contributed by atoms with Gasteiger partial charge in [0.15, 0.2) is 0 Å². The van der Waals surface area contributed by atoms with Crippen LogP contribution < -0.4 is 5.32 Å². The van der Waals surface area contributed by atoms with E-state index >= 15 is 0 Å². The minimum Gasteiger partial charge on any atom is -0.378 e. The van der Waals surface area contributed by atoms with Crippen LogP contribution in [0.5, 0.6) is 0 Å². The van der Waals surface area contributed by atoms with Crippen molar-refractivity contribution in [2.45, 2.75) is 78.6 Å². The Morgan fingerprint density at radius 1 is 1.11 bits per heavy atom. The van der Waals surface area contributed by atoms with Crippen molar-refractivity contribution in [1.82, 2.24) is 10.2 Å². The first-order valence-corrected chi connectivity index (χ1v) is 8.02. The van der Waals surface area contributed by atoms with Crippen molar-refractivity contribution in [3.8, 4) is 0 Å². The molecule has 0 amide bonds. The zero-order chi connectivity index (χ0) is 14.4. The maximum atomic E-state index is 5.82. The summed E-state index contributed by atoms with van der Waals surface area (Å²) in [6, 6.07) is 1.89. The summed E-state index contributed by atoms with van der Waals surface area (Å²) < 4.78 is 5.82. The lowest BCUT2D eigenvalue weighted by molar-refractivity contribution is -0.0247. The van der Waals surface area contributed by atoms with E-state index in [1.165, 1.54) is 6.42 Å². The van der Waals surface area contributed by atoms with Crippen molar-refractivity contribution in [1.29, 1.82) is 0 Å². The van der Waals surface area contributed by atoms with Crippen molar-refractivity contribution in [2.75, 3.05) is 19.7 Å². The van der Waals surface area contributed by atoms with Gasteiger partial charge in [0.2, 0.25) is 0 Å². The molecule has 0 aliphatic carbocycles. The molecule has 1 N–H and O–H groups in total. The molecule has 0 aromatic heterocycles. The molecule has 1 heterocycles. The molecular formula is C16H34N2O. The van der Waals surface area contributed by atoms with Crippen LogP contribution in [0.4, 0.5) is 0 Å². The topological polar surface area (TPSA) is 24.5 Å². The zero-order valence-electron chi connectivity index (χ0n) is 13.8. The van der Waals surface area contributed by atoms with Gasteiger partial charge in [-0.15, -0.1) is 0 Å². The van der Waals surface area contributed by atoms with Gasteiger partial charge < -0.3 is 10.1 Å². The lowest BCUT2D eigenvalue weighted by Crippen LogP contribution is -2.46. The van der Waals surface area contributed by atoms with Gasteiger partial charge in [-0.1, -0.05) is 13.8 Å². The lowest BCUT2D eigenvalue weighted by Gasteiger charge is -2.34. The number of nitrogens with one attached hydrogen (secondary N) is 1. The Morgan fingerprint density at radius 3 is 2.26 bits per heavy atom. The van der Waals surface area contributed by atoms with E-state index in [0.717, 1.165) is 26.1 Å². The van der Waals surface area contributed by atoms with E-state index in [-0.39, 0.29) is 0 Å². The summed E-state index contributed by atoms with van der Waals surface area (Å²) in [5.74, 6) is 0.632. The fraction of sp³-hybridized carbons (Fsp3) is 1.00. The molecule has 2 atom stereocenters. The summed E-state index contributed by atoms with van der Waals surface area (Å²) in [7, 11) is 0. The molecule has 114 valence electrons. The van der Waals surface area contributed by atoms with E-state index in [1.54, 1.807) is 0 Å². The summed E-state index contributed by atoms with van der Waals surface area (Å²) in [4.78, 5) is 2.55. The molecule has 0 saturated carbocycles. The Hall–Kier alpha value is -0.120. The van der Waals surface area contributed by atoms with Crippen LogP contribution in [0.25, 0.3) is 0 Å². The molecule has 0 radical (unpaired) electrons. The normalized spacial score (nSPS) is 24.9. The Labute approximate surface area is 120 Å². The molecule has 19 heavy (non-hydrogen) atoms. The van der Waals surface area contributed by atoms with E-state index < -0.39 is 0 Å². The highest BCUT2D eigenvalue weighted by Crippen LogP contribution is 2.20. The monoisotopic (exact) mass is 270 g/mol. The second-order valence-electron chi connectivity index (χ2n) is 6.75. The number of ether oxygens (including phenoxy) is 1. The highest BCUT2D eigenvalue weighted by molar-refractivity contribution is 4.79. The lowest BCUT2D eigenvalue weighted by atomic mass is 9.95. The SMILES string of the molecule is CC(C)C1CC(NCCN(C(C)C)C(C)C)CCO1. The van der Waals surface area contributed by atoms with E-state index in [0.29, 0.717) is 30.1 Å². The number of nitrogens with zero attached hydrogens (tertiary/aromatic N) is 1. The largest absolute Gasteiger partial charge is 0.378 e. The molecule has 0 aromatic carbocycles. The molecule has 1 fully saturated rings. The fourth-order valence-electron chi connectivity index (χ4n) is 2.99. The summed E-state index contributed by atoms with van der Waals surface area (Å²) in [5, 5.41) is 3.72. The molecule has 1 saturated heterocycles. The van der Waals surface area contributed by atoms with Gasteiger partial charge >= 0.3 is 0 Å². The van der Waals surface area contributed by atoms with Gasteiger partial charge in [0.25, 0.3) is 0 Å². The molecule has 1 aliphatic rings. The first-order valence-electron chi connectivity index (χ1n) is 8.02. The van der Waals surface area contributed by atoms with Crippen molar-refractivity contribution in [3.05, 3.63) is 0 Å². The van der Waals surface area contributed by atoms with Crippen LogP contribution in [0.3, 0.4) is 0 Å². The van der Waals surface area contributed by atoms with Gasteiger partial charge in [-0.2, -0.15) is 0 Å². The van der Waals surface area contributed by atoms with Crippen molar-refractivity contribution in [2.24, 2.45) is 5.92 Å². The third kappa shape index (κ3) is 5.80. The second kappa shape index (κ2) is 8.23. The summed E-state index contributed by atoms with van der Waals surface area (Å²) in [5.41, 5.74) is 0. The molecule has 3 heteroatoms. The summed E-state index contributed by atoms with van der Waals surface area (Å²) in [6.07, 6.45) is 2.77. The maximum Gasteiger partial charge on any atom is 0.0612 e. The smallest absolute Gasteiger partial charge is 0.0612 e. The molecule has 0 spiro atoms. The minimum atomic E-state index is 0.442. The molecule has 3 nitrogen and oxygen atoms in total. The van der Waals surface area contributed by atoms with Crippen molar-refractivity contribution in [3.63, 3.8) is 0 Å². The van der Waals surface area contributed by atoms with Crippen LogP contribution >= 0.6 is 0 Å². The fourth-order valence-corrected chi connectivity index (χ4v) is 2.99. The summed E-state index contributed by atoms with van der Waals surface area (Å²) >= 11 is 0. The van der Waals surface area contributed by atoms with E-state index in [9.17, 15) is 0 Å². The van der Waals surface area contributed by atoms with Crippen molar-refractivity contribution < 1.29 is 4.74 Å². The third-order valence-electron chi connectivity index (χ3n) is 4.19. The van der Waals surface area contributed by atoms with Crippen LogP contribution in [0.2, 0.25) is 0 Å². The quantitative estimate of drug-likeness (QED) is 0.770. The average molecular weight is 270 g/mol. The van der Waals surface area contributed by atoms with E-state index in [1.807, 2.05) is 0 Å². The van der Waals surface area contributed by atoms with Crippen molar-refractivity contribution >= 4 is 0 Å². The van der Waals surface area contributed by atoms with Gasteiger partial charge in [0.1, 0.15) is 0 Å². The predicted molar refractivity (Wildman–Crippen MR) is 82.6 cm³/mol. The van der Waals surface area contributed by atoms with Crippen LogP contribution in [0.15, 0.2) is 0 Å². The second-order valence-corrected chi connectivity index (χ2v) is 6.75. The Morgan fingerprint density at radius 2 is 1.74 bits per heavy atom. The predicted octanol–water partition coefficient (Wildman–Crippen LogP) is 2.90. The Balaban J connectivity index is 2.28. The number of rotatable bonds is 7. The van der Waals surface area contributed by atoms with Gasteiger partial charge in [0, 0.05) is 37.8 Å². The molecule has 0 bridgehead atoms. The Bertz CT molecular complexity index is 233. The summed E-state index contributed by atoms with van der Waals surface area (Å²) in [6.45, 7) is 16.8. The maximum absolute atomic E-state index is 5.82. The first-order chi connectivity index (χ1) is 8.91. The van der Waals surface area contributed by atoms with Gasteiger partial charge in [-0.25, -0.2) is 0 Å². The highest BCUT2D eigenvalue weighted by atomic mass is 16.5. The van der Waals surface area contributed by atoms with Crippen LogP contribution in [-0.4, -0.2) is 48.8 Å². The third-order valence-corrected chi connectivity index (χ3v) is 4.19. The van der Waals surface area contributed by atoms with Crippen LogP contribution in [0, 0.1) is 5.92 Å². The van der Waals surface area contributed by atoms with Gasteiger partial charge in [0.05, 0.1) is 6.10 Å². The standard InChI is InChI=1S/C16H34N2O/c1-12(2)16-11-15(7-10-19-16)17-8-9-18(13(3)4)14(5)6/h12-17H,7-11H2,1-6H3. The van der Waals surface area contributed by atoms with E-state index in [2.05, 4.69) is 51.8 Å². The highest BCUT2D eigenvalue weighted by Gasteiger charge is 2.24. The molecule has 1 aliphatic heterocycles. The molecular weight excluding hydrogens is 236 g/mol. The Kier molecular flexibility index (Phi) is 7.33. The number of hydrogen-bond acceptors (Lipinski definition) is 3. The zero-order valence-corrected chi connectivity index (χ0v) is 13.8. The van der Waals surface area contributed by atoms with Gasteiger partial charge in [-0.05, 0) is 46.5 Å². The van der Waals surface area contributed by atoms with Crippen LogP contribution in [0.1, 0.15) is 54.4 Å².